The van der Waals surface area contributed by atoms with Crippen molar-refractivity contribution in [2.24, 2.45) is 17.7 Å². The Hall–Kier alpha value is 0. The maximum absolute atomic E-state index is 8.02. The van der Waals surface area contributed by atoms with Crippen LogP contribution in [0.2, 0.25) is 0 Å². The van der Waals surface area contributed by atoms with E-state index in [0.717, 1.165) is 18.3 Å². The first-order valence-corrected chi connectivity index (χ1v) is 4.66. The highest BCUT2D eigenvalue weighted by Gasteiger charge is 2.28. The van der Waals surface area contributed by atoms with Gasteiger partial charge in [-0.25, -0.2) is 0 Å². The van der Waals surface area contributed by atoms with Crippen molar-refractivity contribution in [3.63, 3.8) is 0 Å². The van der Waals surface area contributed by atoms with Gasteiger partial charge in [-0.05, 0) is 30.6 Å². The molecule has 2 aliphatic carbocycles. The van der Waals surface area contributed by atoms with E-state index in [1.165, 1.54) is 32.1 Å². The van der Waals surface area contributed by atoms with Gasteiger partial charge >= 0.3 is 0 Å². The van der Waals surface area contributed by atoms with Crippen LogP contribution in [0.4, 0.5) is 0 Å². The van der Waals surface area contributed by atoms with Crippen molar-refractivity contribution in [3.05, 3.63) is 0 Å². The van der Waals surface area contributed by atoms with Crippen molar-refractivity contribution in [2.75, 3.05) is 0 Å². The van der Waals surface area contributed by atoms with Crippen LogP contribution in [0, 0.1) is 17.7 Å². The molecule has 2 saturated carbocycles. The molecule has 2 aliphatic rings. The van der Waals surface area contributed by atoms with Crippen LogP contribution in [0.25, 0.3) is 0 Å². The molecule has 0 N–H and O–H groups in total. The van der Waals surface area contributed by atoms with Gasteiger partial charge in [0.25, 0.3) is 0 Å². The summed E-state index contributed by atoms with van der Waals surface area (Å²) in [6, 6.07) is 0. The lowest BCUT2D eigenvalue weighted by Crippen LogP contribution is -2.00. The predicted molar refractivity (Wildman–Crippen MR) is 43.8 cm³/mol. The van der Waals surface area contributed by atoms with Gasteiger partial charge in [0.2, 0.25) is 0 Å². The Morgan fingerprint density at radius 1 is 1.00 bits per heavy atom. The van der Waals surface area contributed by atoms with Gasteiger partial charge in [0.1, 0.15) is 0 Å². The standard InChI is InChI=1S/C10H18/c1-8-2-3-9-4-5-10(6-8)7-9/h8-10H,2-7H2,1H3/t8-,9?,10?/m1/s1/i8D. The summed E-state index contributed by atoms with van der Waals surface area (Å²) in [7, 11) is 0. The highest BCUT2D eigenvalue weighted by Crippen LogP contribution is 2.41. The molecule has 0 saturated heterocycles. The summed E-state index contributed by atoms with van der Waals surface area (Å²) in [5.74, 6) is 1.82. The van der Waals surface area contributed by atoms with Crippen LogP contribution in [0.1, 0.15) is 46.8 Å². The third-order valence-corrected chi connectivity index (χ3v) is 3.27. The SMILES string of the molecule is [2H][C@@]1(C)CCC2CCC(C2)C1. The van der Waals surface area contributed by atoms with Crippen LogP contribution in [0.15, 0.2) is 0 Å². The molecule has 2 unspecified atom stereocenters. The maximum atomic E-state index is 8.02. The molecule has 0 heterocycles. The molecule has 0 aromatic heterocycles. The van der Waals surface area contributed by atoms with Gasteiger partial charge in [0.05, 0.1) is 0 Å². The van der Waals surface area contributed by atoms with Gasteiger partial charge in [-0.3, -0.25) is 0 Å². The van der Waals surface area contributed by atoms with Crippen LogP contribution in [0.5, 0.6) is 0 Å². The van der Waals surface area contributed by atoms with E-state index in [0.29, 0.717) is 0 Å². The first-order chi connectivity index (χ1) is 5.16. The molecule has 2 rings (SSSR count). The van der Waals surface area contributed by atoms with Crippen LogP contribution in [-0.4, -0.2) is 0 Å². The van der Waals surface area contributed by atoms with Crippen LogP contribution in [0.3, 0.4) is 0 Å². The number of hydrogen-bond acceptors (Lipinski definition) is 0. The third-order valence-electron chi connectivity index (χ3n) is 3.27. The third kappa shape index (κ3) is 1.21. The Bertz CT molecular complexity index is 151. The van der Waals surface area contributed by atoms with Gasteiger partial charge in [0.15, 0.2) is 0 Å². The monoisotopic (exact) mass is 139 g/mol. The lowest BCUT2D eigenvalue weighted by molar-refractivity contribution is 0.387. The van der Waals surface area contributed by atoms with Crippen molar-refractivity contribution in [2.45, 2.75) is 45.4 Å². The average Bonchev–Trinajstić information content (AvgIpc) is 2.24. The fraction of sp³-hybridized carbons (Fsp3) is 1.00. The smallest absolute Gasteiger partial charge is 0.0300 e. The molecule has 3 atom stereocenters. The molecule has 58 valence electrons. The van der Waals surface area contributed by atoms with E-state index >= 15 is 0 Å². The molecule has 2 bridgehead atoms. The van der Waals surface area contributed by atoms with Crippen molar-refractivity contribution >= 4 is 0 Å². The summed E-state index contributed by atoms with van der Waals surface area (Å²) in [5.41, 5.74) is 0. The van der Waals surface area contributed by atoms with Gasteiger partial charge in [-0.2, -0.15) is 0 Å². The predicted octanol–water partition coefficient (Wildman–Crippen LogP) is 3.22. The second-order valence-corrected chi connectivity index (χ2v) is 4.25. The van der Waals surface area contributed by atoms with E-state index in [1.54, 1.807) is 0 Å². The minimum absolute atomic E-state index is 0.0835. The van der Waals surface area contributed by atoms with Gasteiger partial charge in [-0.15, -0.1) is 0 Å². The minimum Gasteiger partial charge on any atom is -0.0625 e. The maximum Gasteiger partial charge on any atom is 0.0300 e. The zero-order valence-corrected chi connectivity index (χ0v) is 6.90. The lowest BCUT2D eigenvalue weighted by atomic mass is 9.93. The quantitative estimate of drug-likeness (QED) is 0.483. The summed E-state index contributed by atoms with van der Waals surface area (Å²) >= 11 is 0. The molecular formula is C10H18. The molecule has 0 aromatic rings. The number of rotatable bonds is 0. The minimum atomic E-state index is -0.0835. The summed E-state index contributed by atoms with van der Waals surface area (Å²) in [5, 5.41) is 0. The molecule has 0 amide bonds. The summed E-state index contributed by atoms with van der Waals surface area (Å²) in [6.07, 6.45) is 7.96. The Morgan fingerprint density at radius 3 is 2.60 bits per heavy atom. The zero-order valence-electron chi connectivity index (χ0n) is 7.90. The van der Waals surface area contributed by atoms with Crippen LogP contribution >= 0.6 is 0 Å². The fourth-order valence-corrected chi connectivity index (χ4v) is 2.67. The van der Waals surface area contributed by atoms with E-state index in [2.05, 4.69) is 6.92 Å². The second kappa shape index (κ2) is 2.56. The molecule has 10 heavy (non-hydrogen) atoms. The molecule has 0 aliphatic heterocycles. The van der Waals surface area contributed by atoms with E-state index < -0.39 is 0 Å². The summed E-state index contributed by atoms with van der Waals surface area (Å²) in [6.45, 7) is 2.12. The molecule has 0 heteroatoms. The normalized spacial score (nSPS) is 55.9. The Kier molecular flexibility index (Phi) is 1.44. The molecule has 0 nitrogen and oxygen atoms in total. The molecule has 2 fully saturated rings. The zero-order chi connectivity index (χ0) is 7.90. The van der Waals surface area contributed by atoms with Crippen LogP contribution in [-0.2, 0) is 0 Å². The lowest BCUT2D eigenvalue weighted by Gasteiger charge is -2.13. The van der Waals surface area contributed by atoms with Gasteiger partial charge < -0.3 is 0 Å². The largest absolute Gasteiger partial charge is 0.0625 e. The van der Waals surface area contributed by atoms with Crippen molar-refractivity contribution in [1.29, 1.82) is 0 Å². The van der Waals surface area contributed by atoms with Crippen molar-refractivity contribution < 1.29 is 1.37 Å². The highest BCUT2D eigenvalue weighted by molar-refractivity contribution is 4.80. The highest BCUT2D eigenvalue weighted by atomic mass is 14.3. The number of hydrogen-bond donors (Lipinski definition) is 0. The Labute approximate surface area is 65.4 Å². The molecule has 0 radical (unpaired) electrons. The second-order valence-electron chi connectivity index (χ2n) is 4.25. The molecular weight excluding hydrogens is 120 g/mol. The van der Waals surface area contributed by atoms with Crippen molar-refractivity contribution in [1.82, 2.24) is 0 Å². The average molecular weight is 139 g/mol. The fourth-order valence-electron chi connectivity index (χ4n) is 2.67. The van der Waals surface area contributed by atoms with E-state index in [1.807, 2.05) is 0 Å². The van der Waals surface area contributed by atoms with E-state index in [-0.39, 0.29) is 5.89 Å². The summed E-state index contributed by atoms with van der Waals surface area (Å²) in [4.78, 5) is 0. The van der Waals surface area contributed by atoms with Gasteiger partial charge in [-0.1, -0.05) is 32.6 Å². The first-order valence-electron chi connectivity index (χ1n) is 5.16. The number of fused-ring (bicyclic) bond motifs is 2. The first kappa shape index (κ1) is 5.62. The van der Waals surface area contributed by atoms with Crippen molar-refractivity contribution in [3.8, 4) is 0 Å². The van der Waals surface area contributed by atoms with E-state index in [9.17, 15) is 0 Å². The molecule has 0 spiro atoms. The Morgan fingerprint density at radius 2 is 1.70 bits per heavy atom. The van der Waals surface area contributed by atoms with Crippen LogP contribution < -0.4 is 0 Å². The topological polar surface area (TPSA) is 0 Å². The van der Waals surface area contributed by atoms with E-state index in [4.69, 9.17) is 1.37 Å². The van der Waals surface area contributed by atoms with Gasteiger partial charge in [0, 0.05) is 1.37 Å². The Balaban J connectivity index is 2.05. The molecule has 0 aromatic carbocycles. The summed E-state index contributed by atoms with van der Waals surface area (Å²) < 4.78 is 8.02.